The molecule has 2 aromatic carbocycles. The molecule has 0 saturated heterocycles. The van der Waals surface area contributed by atoms with Crippen molar-refractivity contribution in [1.82, 2.24) is 10.0 Å². The Labute approximate surface area is 176 Å². The lowest BCUT2D eigenvalue weighted by Gasteiger charge is -2.26. The Kier molecular flexibility index (Phi) is 7.87. The summed E-state index contributed by atoms with van der Waals surface area (Å²) in [6, 6.07) is 16.1. The van der Waals surface area contributed by atoms with E-state index >= 15 is 0 Å². The average Bonchev–Trinajstić information content (AvgIpc) is 2.66. The summed E-state index contributed by atoms with van der Waals surface area (Å²) in [5.74, 6) is 1.13. The zero-order chi connectivity index (χ0) is 18.4. The highest BCUT2D eigenvalue weighted by molar-refractivity contribution is 14.0. The van der Waals surface area contributed by atoms with Gasteiger partial charge in [0, 0.05) is 18.5 Å². The third-order valence-corrected chi connectivity index (χ3v) is 5.50. The van der Waals surface area contributed by atoms with Gasteiger partial charge in [0.25, 0.3) is 0 Å². The first kappa shape index (κ1) is 21.5. The van der Waals surface area contributed by atoms with Crippen LogP contribution in [0, 0.1) is 0 Å². The molecule has 1 aliphatic rings. The van der Waals surface area contributed by atoms with Gasteiger partial charge in [-0.1, -0.05) is 36.4 Å². The van der Waals surface area contributed by atoms with E-state index in [-0.39, 0.29) is 54.0 Å². The largest absolute Gasteiger partial charge is 0.493 e. The first-order valence-electron chi connectivity index (χ1n) is 8.39. The predicted molar refractivity (Wildman–Crippen MR) is 116 cm³/mol. The topological polar surface area (TPSA) is 106 Å². The van der Waals surface area contributed by atoms with E-state index in [1.807, 2.05) is 24.3 Å². The van der Waals surface area contributed by atoms with Crippen molar-refractivity contribution in [3.63, 3.8) is 0 Å². The van der Waals surface area contributed by atoms with E-state index in [1.165, 1.54) is 0 Å². The third-order valence-electron chi connectivity index (χ3n) is 4.02. The average molecular weight is 502 g/mol. The molecule has 1 atom stereocenters. The number of fused-ring (bicyclic) bond motifs is 1. The molecular formula is C18H23IN4O3S. The highest BCUT2D eigenvalue weighted by atomic mass is 127. The first-order valence-corrected chi connectivity index (χ1v) is 9.87. The number of halogens is 1. The van der Waals surface area contributed by atoms with E-state index in [1.54, 1.807) is 30.3 Å². The van der Waals surface area contributed by atoms with Gasteiger partial charge in [0.15, 0.2) is 5.96 Å². The standard InChI is InChI=1S/C18H22N4O3S.HI/c19-18(22-16-10-13-25-17-9-5-4-8-15(16)17)20-11-12-21-26(23,24)14-6-2-1-3-7-14;/h1-9,16,21H,10-13H2,(H3,19,20,22);1H. The lowest BCUT2D eigenvalue weighted by Crippen LogP contribution is -2.38. The minimum atomic E-state index is -3.52. The van der Waals surface area contributed by atoms with Crippen molar-refractivity contribution in [1.29, 1.82) is 0 Å². The molecule has 0 aliphatic carbocycles. The molecule has 2 aromatic rings. The van der Waals surface area contributed by atoms with Gasteiger partial charge in [0.05, 0.1) is 24.1 Å². The van der Waals surface area contributed by atoms with Crippen molar-refractivity contribution in [2.45, 2.75) is 17.4 Å². The fraction of sp³-hybridized carbons (Fsp3) is 0.278. The van der Waals surface area contributed by atoms with Gasteiger partial charge in [-0.2, -0.15) is 0 Å². The predicted octanol–water partition coefficient (Wildman–Crippen LogP) is 2.01. The Bertz CT molecular complexity index is 875. The highest BCUT2D eigenvalue weighted by Crippen LogP contribution is 2.31. The molecule has 0 saturated carbocycles. The fourth-order valence-corrected chi connectivity index (χ4v) is 3.80. The zero-order valence-corrected chi connectivity index (χ0v) is 17.8. The van der Waals surface area contributed by atoms with Crippen LogP contribution in [0.4, 0.5) is 0 Å². The van der Waals surface area contributed by atoms with Crippen molar-refractivity contribution in [3.8, 4) is 5.75 Å². The maximum absolute atomic E-state index is 12.1. The molecule has 0 amide bonds. The van der Waals surface area contributed by atoms with Crippen LogP contribution in [0.2, 0.25) is 0 Å². The van der Waals surface area contributed by atoms with Gasteiger partial charge >= 0.3 is 0 Å². The summed E-state index contributed by atoms with van der Waals surface area (Å²) >= 11 is 0. The Morgan fingerprint density at radius 3 is 2.63 bits per heavy atom. The summed E-state index contributed by atoms with van der Waals surface area (Å²) in [5, 5.41) is 3.17. The lowest BCUT2D eigenvalue weighted by atomic mass is 10.0. The van der Waals surface area contributed by atoms with E-state index in [2.05, 4.69) is 15.0 Å². The van der Waals surface area contributed by atoms with Crippen LogP contribution >= 0.6 is 24.0 Å². The molecule has 146 valence electrons. The molecule has 7 nitrogen and oxygen atoms in total. The van der Waals surface area contributed by atoms with Gasteiger partial charge in [-0.3, -0.25) is 4.99 Å². The molecule has 1 unspecified atom stereocenters. The van der Waals surface area contributed by atoms with E-state index < -0.39 is 10.0 Å². The number of benzene rings is 2. The highest BCUT2D eigenvalue weighted by Gasteiger charge is 2.21. The summed E-state index contributed by atoms with van der Waals surface area (Å²) in [5.41, 5.74) is 6.99. The molecular weight excluding hydrogens is 479 g/mol. The summed E-state index contributed by atoms with van der Waals surface area (Å²) in [6.45, 7) is 1.03. The molecule has 9 heteroatoms. The Morgan fingerprint density at radius 2 is 1.85 bits per heavy atom. The van der Waals surface area contributed by atoms with E-state index in [0.29, 0.717) is 6.61 Å². The number of sulfonamides is 1. The van der Waals surface area contributed by atoms with Crippen molar-refractivity contribution in [2.75, 3.05) is 19.7 Å². The number of rotatable bonds is 6. The van der Waals surface area contributed by atoms with Crippen molar-refractivity contribution in [3.05, 3.63) is 60.2 Å². The number of guanidine groups is 1. The minimum absolute atomic E-state index is 0. The zero-order valence-electron chi connectivity index (χ0n) is 14.7. The number of para-hydroxylation sites is 1. The molecule has 0 radical (unpaired) electrons. The lowest BCUT2D eigenvalue weighted by molar-refractivity contribution is 0.262. The van der Waals surface area contributed by atoms with Gasteiger partial charge in [-0.25, -0.2) is 13.1 Å². The third kappa shape index (κ3) is 5.81. The number of nitrogens with zero attached hydrogens (tertiary/aromatic N) is 1. The smallest absolute Gasteiger partial charge is 0.240 e. The Hall–Kier alpha value is -1.85. The summed E-state index contributed by atoms with van der Waals surface area (Å²) in [4.78, 5) is 4.43. The quantitative estimate of drug-likeness (QED) is 0.243. The molecule has 4 N–H and O–H groups in total. The van der Waals surface area contributed by atoms with E-state index in [0.717, 1.165) is 17.7 Å². The van der Waals surface area contributed by atoms with Gasteiger partial charge in [0.2, 0.25) is 10.0 Å². The number of nitrogens with two attached hydrogens (primary N) is 1. The van der Waals surface area contributed by atoms with Crippen LogP contribution in [-0.2, 0) is 10.0 Å². The SMILES string of the molecule is I.NC(=NCCNS(=O)(=O)c1ccccc1)NC1CCOc2ccccc21. The van der Waals surface area contributed by atoms with Crippen molar-refractivity contribution in [2.24, 2.45) is 10.7 Å². The summed E-state index contributed by atoms with van der Waals surface area (Å²) in [7, 11) is -3.52. The van der Waals surface area contributed by atoms with Crippen LogP contribution in [0.3, 0.4) is 0 Å². The Balaban J connectivity index is 0.00000261. The molecule has 1 heterocycles. The monoisotopic (exact) mass is 502 g/mol. The van der Waals surface area contributed by atoms with Crippen LogP contribution in [0.1, 0.15) is 18.0 Å². The van der Waals surface area contributed by atoms with Gasteiger partial charge < -0.3 is 15.8 Å². The fourth-order valence-electron chi connectivity index (χ4n) is 2.76. The van der Waals surface area contributed by atoms with Crippen LogP contribution < -0.4 is 20.5 Å². The molecule has 27 heavy (non-hydrogen) atoms. The minimum Gasteiger partial charge on any atom is -0.493 e. The number of hydrogen-bond acceptors (Lipinski definition) is 4. The van der Waals surface area contributed by atoms with Crippen molar-refractivity contribution < 1.29 is 13.2 Å². The van der Waals surface area contributed by atoms with Crippen LogP contribution in [0.15, 0.2) is 64.5 Å². The second-order valence-electron chi connectivity index (χ2n) is 5.85. The molecule has 0 aromatic heterocycles. The maximum atomic E-state index is 12.1. The number of nitrogens with one attached hydrogen (secondary N) is 2. The number of ether oxygens (including phenoxy) is 1. The van der Waals surface area contributed by atoms with Crippen LogP contribution in [0.25, 0.3) is 0 Å². The number of hydrogen-bond donors (Lipinski definition) is 3. The molecule has 3 rings (SSSR count). The van der Waals surface area contributed by atoms with Gasteiger partial charge in [0.1, 0.15) is 5.75 Å². The normalized spacial score (nSPS) is 16.6. The van der Waals surface area contributed by atoms with Crippen LogP contribution in [-0.4, -0.2) is 34.1 Å². The van der Waals surface area contributed by atoms with E-state index in [9.17, 15) is 8.42 Å². The summed E-state index contributed by atoms with van der Waals surface area (Å²) in [6.07, 6.45) is 0.786. The molecule has 0 spiro atoms. The van der Waals surface area contributed by atoms with Crippen molar-refractivity contribution >= 4 is 40.0 Å². The molecule has 1 aliphatic heterocycles. The summed E-state index contributed by atoms with van der Waals surface area (Å²) < 4.78 is 32.3. The second-order valence-corrected chi connectivity index (χ2v) is 7.62. The van der Waals surface area contributed by atoms with Gasteiger partial charge in [-0.15, -0.1) is 24.0 Å². The van der Waals surface area contributed by atoms with Gasteiger partial charge in [-0.05, 0) is 18.2 Å². The molecule has 0 fully saturated rings. The maximum Gasteiger partial charge on any atom is 0.240 e. The number of aliphatic imine (C=N–C) groups is 1. The second kappa shape index (κ2) is 9.90. The van der Waals surface area contributed by atoms with E-state index in [4.69, 9.17) is 10.5 Å². The van der Waals surface area contributed by atoms with Crippen LogP contribution in [0.5, 0.6) is 5.75 Å². The molecule has 0 bridgehead atoms. The first-order chi connectivity index (χ1) is 12.6. The Morgan fingerprint density at radius 1 is 1.15 bits per heavy atom.